The molecule has 0 unspecified atom stereocenters. The van der Waals surface area contributed by atoms with Gasteiger partial charge in [-0.3, -0.25) is 4.79 Å². The highest BCUT2D eigenvalue weighted by atomic mass is 35.5. The molecular weight excluding hydrogens is 332 g/mol. The molecule has 0 fully saturated rings. The number of nitrogens with one attached hydrogen (secondary N) is 1. The van der Waals surface area contributed by atoms with Gasteiger partial charge in [0, 0.05) is 29.5 Å². The molecule has 0 aromatic heterocycles. The average Bonchev–Trinajstić information content (AvgIpc) is 2.59. The maximum absolute atomic E-state index is 12.8. The van der Waals surface area contributed by atoms with Gasteiger partial charge >= 0.3 is 0 Å². The van der Waals surface area contributed by atoms with Crippen molar-refractivity contribution in [1.29, 1.82) is 0 Å². The van der Waals surface area contributed by atoms with Crippen molar-refractivity contribution in [2.45, 2.75) is 33.6 Å². The number of halogens is 1. The summed E-state index contributed by atoms with van der Waals surface area (Å²) in [4.78, 5) is 15.1. The predicted molar refractivity (Wildman–Crippen MR) is 108 cm³/mol. The van der Waals surface area contributed by atoms with E-state index in [2.05, 4.69) is 50.0 Å². The van der Waals surface area contributed by atoms with Crippen molar-refractivity contribution in [3.63, 3.8) is 0 Å². The zero-order valence-electron chi connectivity index (χ0n) is 15.4. The first-order chi connectivity index (χ1) is 12.0. The van der Waals surface area contributed by atoms with Crippen molar-refractivity contribution in [2.24, 2.45) is 5.92 Å². The van der Waals surface area contributed by atoms with Crippen LogP contribution in [0.4, 0.5) is 11.4 Å². The Morgan fingerprint density at radius 1 is 1.00 bits per heavy atom. The SMILES string of the molecule is CCN(CC)c1ccc(NC(=O)[C@H](c2ccc(Cl)cc2)C(C)C)cc1. The van der Waals surface area contributed by atoms with Crippen molar-refractivity contribution in [3.8, 4) is 0 Å². The van der Waals surface area contributed by atoms with Gasteiger partial charge in [0.2, 0.25) is 5.91 Å². The Morgan fingerprint density at radius 3 is 2.04 bits per heavy atom. The van der Waals surface area contributed by atoms with Crippen LogP contribution in [0.1, 0.15) is 39.2 Å². The number of rotatable bonds is 7. The normalized spacial score (nSPS) is 12.1. The second kappa shape index (κ2) is 8.91. The average molecular weight is 359 g/mol. The van der Waals surface area contributed by atoms with Crippen molar-refractivity contribution >= 4 is 28.9 Å². The summed E-state index contributed by atoms with van der Waals surface area (Å²) in [6.07, 6.45) is 0. The van der Waals surface area contributed by atoms with Gasteiger partial charge in [-0.2, -0.15) is 0 Å². The fraction of sp³-hybridized carbons (Fsp3) is 0.381. The van der Waals surface area contributed by atoms with Crippen LogP contribution in [0.3, 0.4) is 0 Å². The molecule has 1 N–H and O–H groups in total. The highest BCUT2D eigenvalue weighted by molar-refractivity contribution is 6.30. The van der Waals surface area contributed by atoms with Crippen LogP contribution in [-0.4, -0.2) is 19.0 Å². The van der Waals surface area contributed by atoms with Crippen LogP contribution in [0.25, 0.3) is 0 Å². The lowest BCUT2D eigenvalue weighted by atomic mass is 9.87. The lowest BCUT2D eigenvalue weighted by Crippen LogP contribution is -2.25. The molecule has 0 aliphatic carbocycles. The quantitative estimate of drug-likeness (QED) is 0.702. The topological polar surface area (TPSA) is 32.3 Å². The van der Waals surface area contributed by atoms with Crippen molar-refractivity contribution in [3.05, 3.63) is 59.1 Å². The summed E-state index contributed by atoms with van der Waals surface area (Å²) >= 11 is 5.96. The number of carbonyl (C=O) groups excluding carboxylic acids is 1. The Kier molecular flexibility index (Phi) is 6.89. The van der Waals surface area contributed by atoms with Gasteiger partial charge in [0.05, 0.1) is 5.92 Å². The van der Waals surface area contributed by atoms with E-state index in [1.54, 1.807) is 0 Å². The van der Waals surface area contributed by atoms with E-state index in [4.69, 9.17) is 11.6 Å². The lowest BCUT2D eigenvalue weighted by molar-refractivity contribution is -0.118. The van der Waals surface area contributed by atoms with E-state index in [9.17, 15) is 4.79 Å². The molecule has 0 saturated carbocycles. The molecule has 2 aromatic rings. The van der Waals surface area contributed by atoms with E-state index in [-0.39, 0.29) is 17.7 Å². The molecule has 25 heavy (non-hydrogen) atoms. The molecule has 3 nitrogen and oxygen atoms in total. The second-order valence-corrected chi connectivity index (χ2v) is 6.92. The standard InChI is InChI=1S/C21H27ClN2O/c1-5-24(6-2)19-13-11-18(12-14-19)23-21(25)20(15(3)4)16-7-9-17(22)10-8-16/h7-15,20H,5-6H2,1-4H3,(H,23,25)/t20-/m0/s1. The highest BCUT2D eigenvalue weighted by Gasteiger charge is 2.24. The van der Waals surface area contributed by atoms with Gasteiger partial charge < -0.3 is 10.2 Å². The molecule has 0 bridgehead atoms. The molecule has 0 aliphatic heterocycles. The highest BCUT2D eigenvalue weighted by Crippen LogP contribution is 2.28. The minimum atomic E-state index is -0.209. The third kappa shape index (κ3) is 4.99. The van der Waals surface area contributed by atoms with Crippen LogP contribution in [0.5, 0.6) is 0 Å². The second-order valence-electron chi connectivity index (χ2n) is 6.48. The summed E-state index contributed by atoms with van der Waals surface area (Å²) in [5.41, 5.74) is 2.97. The summed E-state index contributed by atoms with van der Waals surface area (Å²) in [7, 11) is 0. The summed E-state index contributed by atoms with van der Waals surface area (Å²) in [5, 5.41) is 3.73. The molecule has 0 heterocycles. The van der Waals surface area contributed by atoms with Crippen LogP contribution in [0, 0.1) is 5.92 Å². The molecule has 0 saturated heterocycles. The monoisotopic (exact) mass is 358 g/mol. The summed E-state index contributed by atoms with van der Waals surface area (Å²) in [5.74, 6) is -0.0104. The third-order valence-corrected chi connectivity index (χ3v) is 4.69. The Bertz CT molecular complexity index is 676. The van der Waals surface area contributed by atoms with Gasteiger partial charge in [0.15, 0.2) is 0 Å². The van der Waals surface area contributed by atoms with Crippen LogP contribution >= 0.6 is 11.6 Å². The van der Waals surface area contributed by atoms with Crippen molar-refractivity contribution in [1.82, 2.24) is 0 Å². The minimum Gasteiger partial charge on any atom is -0.372 e. The van der Waals surface area contributed by atoms with Gasteiger partial charge in [-0.25, -0.2) is 0 Å². The maximum atomic E-state index is 12.8. The number of anilines is 2. The number of hydrogen-bond donors (Lipinski definition) is 1. The molecule has 1 amide bonds. The van der Waals surface area contributed by atoms with E-state index in [0.29, 0.717) is 5.02 Å². The largest absolute Gasteiger partial charge is 0.372 e. The van der Waals surface area contributed by atoms with Crippen LogP contribution in [0.15, 0.2) is 48.5 Å². The molecule has 0 aliphatic rings. The number of carbonyl (C=O) groups is 1. The van der Waals surface area contributed by atoms with E-state index < -0.39 is 0 Å². The first-order valence-corrected chi connectivity index (χ1v) is 9.25. The minimum absolute atomic E-state index is 0.00733. The number of amides is 1. The van der Waals surface area contributed by atoms with Crippen molar-refractivity contribution in [2.75, 3.05) is 23.3 Å². The fourth-order valence-electron chi connectivity index (χ4n) is 3.07. The van der Waals surface area contributed by atoms with Gasteiger partial charge in [0.1, 0.15) is 0 Å². The van der Waals surface area contributed by atoms with Gasteiger partial charge in [-0.05, 0) is 61.7 Å². The summed E-state index contributed by atoms with van der Waals surface area (Å²) < 4.78 is 0. The maximum Gasteiger partial charge on any atom is 0.232 e. The first kappa shape index (κ1) is 19.3. The molecule has 0 spiro atoms. The summed E-state index contributed by atoms with van der Waals surface area (Å²) in [6.45, 7) is 10.3. The third-order valence-electron chi connectivity index (χ3n) is 4.44. The van der Waals surface area contributed by atoms with Crippen molar-refractivity contribution < 1.29 is 4.79 Å². The molecule has 134 valence electrons. The Morgan fingerprint density at radius 2 is 1.56 bits per heavy atom. The zero-order chi connectivity index (χ0) is 18.4. The van der Waals surface area contributed by atoms with E-state index in [1.165, 1.54) is 5.69 Å². The molecule has 2 aromatic carbocycles. The molecule has 2 rings (SSSR count). The van der Waals surface area contributed by atoms with Crippen LogP contribution < -0.4 is 10.2 Å². The number of nitrogens with zero attached hydrogens (tertiary/aromatic N) is 1. The first-order valence-electron chi connectivity index (χ1n) is 8.87. The van der Waals surface area contributed by atoms with Gasteiger partial charge in [-0.1, -0.05) is 37.6 Å². The Labute approximate surface area is 156 Å². The van der Waals surface area contributed by atoms with E-state index >= 15 is 0 Å². The molecule has 1 atom stereocenters. The fourth-order valence-corrected chi connectivity index (χ4v) is 3.20. The number of benzene rings is 2. The smallest absolute Gasteiger partial charge is 0.232 e. The Balaban J connectivity index is 2.14. The molecule has 0 radical (unpaired) electrons. The molecule has 4 heteroatoms. The number of hydrogen-bond acceptors (Lipinski definition) is 2. The Hall–Kier alpha value is -2.00. The van der Waals surface area contributed by atoms with Gasteiger partial charge in [-0.15, -0.1) is 0 Å². The summed E-state index contributed by atoms with van der Waals surface area (Å²) in [6, 6.07) is 15.5. The van der Waals surface area contributed by atoms with Crippen LogP contribution in [-0.2, 0) is 4.79 Å². The van der Waals surface area contributed by atoms with E-state index in [0.717, 1.165) is 24.3 Å². The molecular formula is C21H27ClN2O. The van der Waals surface area contributed by atoms with Gasteiger partial charge in [0.25, 0.3) is 0 Å². The zero-order valence-corrected chi connectivity index (χ0v) is 16.2. The van der Waals surface area contributed by atoms with E-state index in [1.807, 2.05) is 36.4 Å². The predicted octanol–water partition coefficient (Wildman–Crippen LogP) is 5.56. The lowest BCUT2D eigenvalue weighted by Gasteiger charge is -2.22. The van der Waals surface area contributed by atoms with Crippen LogP contribution in [0.2, 0.25) is 5.02 Å².